The second-order valence-electron chi connectivity index (χ2n) is 4.45. The average Bonchev–Trinajstić information content (AvgIpc) is 3.09. The minimum atomic E-state index is -0.188. The van der Waals surface area contributed by atoms with Gasteiger partial charge in [0.1, 0.15) is 5.69 Å². The summed E-state index contributed by atoms with van der Waals surface area (Å²) in [5.41, 5.74) is 3.10. The fourth-order valence-corrected chi connectivity index (χ4v) is 2.16. The van der Waals surface area contributed by atoms with Crippen molar-refractivity contribution in [3.8, 4) is 6.07 Å². The number of hydrogen-bond acceptors (Lipinski definition) is 2. The van der Waals surface area contributed by atoms with Crippen LogP contribution in [0.2, 0.25) is 0 Å². The first kappa shape index (κ1) is 12.1. The maximum Gasteiger partial charge on any atom is 0.272 e. The number of rotatable bonds is 3. The molecular weight excluding hydrogens is 252 g/mol. The standard InChI is InChI=1S/C15H12N4O/c16-6-5-10-9-18-13-4-3-11(8-12(10)13)19-15(20)14-2-1-7-17-14/h1-4,7-9,17-18H,5H2,(H,19,20). The largest absolute Gasteiger partial charge is 0.361 e. The van der Waals surface area contributed by atoms with Gasteiger partial charge in [0.05, 0.1) is 12.5 Å². The van der Waals surface area contributed by atoms with Gasteiger partial charge in [-0.15, -0.1) is 0 Å². The highest BCUT2D eigenvalue weighted by Gasteiger charge is 2.08. The van der Waals surface area contributed by atoms with E-state index >= 15 is 0 Å². The maximum atomic E-state index is 12.0. The van der Waals surface area contributed by atoms with E-state index < -0.39 is 0 Å². The van der Waals surface area contributed by atoms with Gasteiger partial charge in [0, 0.05) is 29.0 Å². The number of nitriles is 1. The fourth-order valence-electron chi connectivity index (χ4n) is 2.16. The molecule has 0 bridgehead atoms. The number of nitrogens with one attached hydrogen (secondary N) is 3. The summed E-state index contributed by atoms with van der Waals surface area (Å²) in [6.07, 6.45) is 3.87. The first-order valence-corrected chi connectivity index (χ1v) is 6.19. The normalized spacial score (nSPS) is 10.3. The number of anilines is 1. The van der Waals surface area contributed by atoms with E-state index in [2.05, 4.69) is 21.4 Å². The van der Waals surface area contributed by atoms with E-state index in [1.54, 1.807) is 18.3 Å². The van der Waals surface area contributed by atoms with E-state index in [0.717, 1.165) is 16.5 Å². The summed E-state index contributed by atoms with van der Waals surface area (Å²) >= 11 is 0. The van der Waals surface area contributed by atoms with Crippen LogP contribution in [0.4, 0.5) is 5.69 Å². The van der Waals surface area contributed by atoms with E-state index in [1.807, 2.05) is 24.4 Å². The maximum absolute atomic E-state index is 12.0. The molecule has 0 unspecified atom stereocenters. The SMILES string of the molecule is N#CCc1c[nH]c2ccc(NC(=O)c3ccc[nH]3)cc12. The third-order valence-corrected chi connectivity index (χ3v) is 3.14. The molecule has 0 radical (unpaired) electrons. The summed E-state index contributed by atoms with van der Waals surface area (Å²) in [6, 6.07) is 11.2. The highest BCUT2D eigenvalue weighted by Crippen LogP contribution is 2.23. The lowest BCUT2D eigenvalue weighted by molar-refractivity contribution is 0.102. The predicted molar refractivity (Wildman–Crippen MR) is 76.4 cm³/mol. The summed E-state index contributed by atoms with van der Waals surface area (Å²) in [4.78, 5) is 17.9. The van der Waals surface area contributed by atoms with Crippen molar-refractivity contribution >= 4 is 22.5 Å². The molecule has 0 aliphatic carbocycles. The van der Waals surface area contributed by atoms with Crippen molar-refractivity contribution in [3.63, 3.8) is 0 Å². The molecule has 3 N–H and O–H groups in total. The van der Waals surface area contributed by atoms with Crippen molar-refractivity contribution in [2.45, 2.75) is 6.42 Å². The monoisotopic (exact) mass is 264 g/mol. The first-order valence-electron chi connectivity index (χ1n) is 6.19. The molecule has 0 saturated carbocycles. The molecule has 3 aromatic rings. The number of benzene rings is 1. The number of carbonyl (C=O) groups excluding carboxylic acids is 1. The van der Waals surface area contributed by atoms with Gasteiger partial charge in [-0.05, 0) is 35.9 Å². The van der Waals surface area contributed by atoms with Gasteiger partial charge in [-0.25, -0.2) is 0 Å². The number of nitrogens with zero attached hydrogens (tertiary/aromatic N) is 1. The first-order chi connectivity index (χ1) is 9.78. The number of aromatic amines is 2. The summed E-state index contributed by atoms with van der Waals surface area (Å²) in [5.74, 6) is -0.188. The van der Waals surface area contributed by atoms with E-state index in [9.17, 15) is 4.79 Å². The molecule has 0 saturated heterocycles. The minimum Gasteiger partial charge on any atom is -0.361 e. The zero-order valence-corrected chi connectivity index (χ0v) is 10.6. The van der Waals surface area contributed by atoms with Gasteiger partial charge in [-0.2, -0.15) is 5.26 Å². The lowest BCUT2D eigenvalue weighted by atomic mass is 10.1. The topological polar surface area (TPSA) is 84.5 Å². The quantitative estimate of drug-likeness (QED) is 0.679. The molecule has 3 rings (SSSR count). The minimum absolute atomic E-state index is 0.188. The van der Waals surface area contributed by atoms with Gasteiger partial charge in [-0.1, -0.05) is 0 Å². The van der Waals surface area contributed by atoms with Crippen molar-refractivity contribution in [3.05, 3.63) is 54.0 Å². The van der Waals surface area contributed by atoms with Crippen molar-refractivity contribution in [1.29, 1.82) is 5.26 Å². The van der Waals surface area contributed by atoms with Crippen LogP contribution in [0.1, 0.15) is 16.1 Å². The molecule has 1 aromatic carbocycles. The van der Waals surface area contributed by atoms with Gasteiger partial charge < -0.3 is 15.3 Å². The van der Waals surface area contributed by atoms with Crippen LogP contribution in [0, 0.1) is 11.3 Å². The number of H-pyrrole nitrogens is 2. The Balaban J connectivity index is 1.91. The van der Waals surface area contributed by atoms with Gasteiger partial charge >= 0.3 is 0 Å². The highest BCUT2D eigenvalue weighted by atomic mass is 16.1. The van der Waals surface area contributed by atoms with Gasteiger partial charge in [-0.3, -0.25) is 4.79 Å². The summed E-state index contributed by atoms with van der Waals surface area (Å²) in [5, 5.41) is 12.6. The smallest absolute Gasteiger partial charge is 0.272 e. The third-order valence-electron chi connectivity index (χ3n) is 3.14. The zero-order valence-electron chi connectivity index (χ0n) is 10.6. The summed E-state index contributed by atoms with van der Waals surface area (Å²) in [6.45, 7) is 0. The Morgan fingerprint density at radius 2 is 2.20 bits per heavy atom. The Morgan fingerprint density at radius 1 is 1.30 bits per heavy atom. The highest BCUT2D eigenvalue weighted by molar-refractivity contribution is 6.04. The molecule has 2 heterocycles. The molecule has 0 aliphatic heterocycles. The Hall–Kier alpha value is -3.00. The molecule has 5 nitrogen and oxygen atoms in total. The van der Waals surface area contributed by atoms with Crippen LogP contribution in [0.3, 0.4) is 0 Å². The number of carbonyl (C=O) groups is 1. The van der Waals surface area contributed by atoms with E-state index in [-0.39, 0.29) is 5.91 Å². The molecule has 2 aromatic heterocycles. The van der Waals surface area contributed by atoms with Crippen molar-refractivity contribution in [2.75, 3.05) is 5.32 Å². The molecule has 0 fully saturated rings. The molecule has 5 heteroatoms. The van der Waals surface area contributed by atoms with Crippen molar-refractivity contribution in [2.24, 2.45) is 0 Å². The van der Waals surface area contributed by atoms with Crippen LogP contribution in [0.25, 0.3) is 10.9 Å². The molecule has 0 spiro atoms. The van der Waals surface area contributed by atoms with E-state index in [0.29, 0.717) is 17.8 Å². The van der Waals surface area contributed by atoms with Crippen LogP contribution < -0.4 is 5.32 Å². The second kappa shape index (κ2) is 4.94. The van der Waals surface area contributed by atoms with Crippen LogP contribution >= 0.6 is 0 Å². The van der Waals surface area contributed by atoms with Crippen LogP contribution in [-0.4, -0.2) is 15.9 Å². The predicted octanol–water partition coefficient (Wildman–Crippen LogP) is 2.81. The Labute approximate surface area is 115 Å². The average molecular weight is 264 g/mol. The van der Waals surface area contributed by atoms with Crippen molar-refractivity contribution < 1.29 is 4.79 Å². The Bertz CT molecular complexity index is 793. The van der Waals surface area contributed by atoms with Crippen LogP contribution in [0.15, 0.2) is 42.7 Å². The summed E-state index contributed by atoms with van der Waals surface area (Å²) in [7, 11) is 0. The van der Waals surface area contributed by atoms with Gasteiger partial charge in [0.2, 0.25) is 0 Å². The van der Waals surface area contributed by atoms with Gasteiger partial charge in [0.15, 0.2) is 0 Å². The van der Waals surface area contributed by atoms with Gasteiger partial charge in [0.25, 0.3) is 5.91 Å². The lowest BCUT2D eigenvalue weighted by Gasteiger charge is -2.04. The van der Waals surface area contributed by atoms with Crippen molar-refractivity contribution in [1.82, 2.24) is 9.97 Å². The molecule has 98 valence electrons. The van der Waals surface area contributed by atoms with Crippen LogP contribution in [0.5, 0.6) is 0 Å². The van der Waals surface area contributed by atoms with E-state index in [4.69, 9.17) is 5.26 Å². The molecule has 1 amide bonds. The lowest BCUT2D eigenvalue weighted by Crippen LogP contribution is -2.11. The number of amides is 1. The van der Waals surface area contributed by atoms with Crippen LogP contribution in [-0.2, 0) is 6.42 Å². The third kappa shape index (κ3) is 2.15. The zero-order chi connectivity index (χ0) is 13.9. The Kier molecular flexibility index (Phi) is 2.98. The molecule has 20 heavy (non-hydrogen) atoms. The number of fused-ring (bicyclic) bond motifs is 1. The summed E-state index contributed by atoms with van der Waals surface area (Å²) < 4.78 is 0. The number of hydrogen-bond donors (Lipinski definition) is 3. The fraction of sp³-hybridized carbons (Fsp3) is 0.0667. The second-order valence-corrected chi connectivity index (χ2v) is 4.45. The number of aromatic nitrogens is 2. The molecule has 0 aliphatic rings. The molecule has 0 atom stereocenters. The van der Waals surface area contributed by atoms with E-state index in [1.165, 1.54) is 0 Å². The Morgan fingerprint density at radius 3 is 2.95 bits per heavy atom. The molecular formula is C15H12N4O.